The van der Waals surface area contributed by atoms with Crippen molar-refractivity contribution in [3.63, 3.8) is 0 Å². The molecule has 0 aliphatic rings. The van der Waals surface area contributed by atoms with Crippen molar-refractivity contribution in [1.82, 2.24) is 0 Å². The van der Waals surface area contributed by atoms with Gasteiger partial charge in [0.1, 0.15) is 0 Å². The highest BCUT2D eigenvalue weighted by molar-refractivity contribution is 7.41. The molecule has 10 heavy (non-hydrogen) atoms. The molecule has 58 valence electrons. The van der Waals surface area contributed by atoms with Crippen LogP contribution < -0.4 is 0 Å². The van der Waals surface area contributed by atoms with Gasteiger partial charge in [-0.15, -0.1) is 0 Å². The van der Waals surface area contributed by atoms with Gasteiger partial charge in [-0.05, 0) is 0 Å². The van der Waals surface area contributed by atoms with Crippen molar-refractivity contribution < 1.29 is 0 Å². The van der Waals surface area contributed by atoms with E-state index in [1.807, 2.05) is 0 Å². The summed E-state index contributed by atoms with van der Waals surface area (Å²) in [5.74, 6) is 0. The Bertz CT molecular complexity index is 113. The van der Waals surface area contributed by atoms with E-state index in [-0.39, 0.29) is 0 Å². The van der Waals surface area contributed by atoms with Gasteiger partial charge >= 0.3 is 0 Å². The monoisotopic (exact) mass is 170 g/mol. The van der Waals surface area contributed by atoms with E-state index in [0.29, 0.717) is 5.44 Å². The van der Waals surface area contributed by atoms with E-state index in [1.165, 1.54) is 0 Å². The lowest BCUT2D eigenvalue weighted by Crippen LogP contribution is -2.55. The van der Waals surface area contributed by atoms with Crippen LogP contribution in [0.15, 0.2) is 0 Å². The third kappa shape index (κ3) is 1.99. The Balaban J connectivity index is 4.40. The minimum absolute atomic E-state index is 0.458. The summed E-state index contributed by atoms with van der Waals surface area (Å²) in [7, 11) is 3.95. The molecule has 0 amide bonds. The topological polar surface area (TPSA) is 0 Å². The molecule has 0 bridgehead atoms. The van der Waals surface area contributed by atoms with Crippen LogP contribution in [-0.2, 0) is 0 Å². The van der Waals surface area contributed by atoms with Crippen LogP contribution in [0.25, 0.3) is 0 Å². The first-order valence-electron chi connectivity index (χ1n) is 3.95. The first kappa shape index (κ1) is 10.5. The third-order valence-electron chi connectivity index (χ3n) is 3.07. The Morgan fingerprint density at radius 1 is 1.00 bits per heavy atom. The zero-order valence-electron chi connectivity index (χ0n) is 8.15. The lowest BCUT2D eigenvalue weighted by atomic mass is 10.1. The highest BCUT2D eigenvalue weighted by atomic mass is 29.3. The number of rotatable bonds is 2. The van der Waals surface area contributed by atoms with Crippen molar-refractivity contribution in [2.24, 2.45) is 0 Å². The van der Waals surface area contributed by atoms with Gasteiger partial charge in [-0.3, -0.25) is 0 Å². The summed E-state index contributed by atoms with van der Waals surface area (Å²) >= 11 is 0. The molecule has 0 saturated heterocycles. The standard InChI is InChI=1S/C7H19BSi2/c1-7(8)10(5,6)9(2,3)4/h7H,1-6H3. The molecule has 3 heteroatoms. The molecule has 0 aliphatic carbocycles. The molecular formula is C7H19BSi2. The zero-order valence-corrected chi connectivity index (χ0v) is 10.2. The molecule has 0 aliphatic heterocycles. The molecule has 2 radical (unpaired) electrons. The first-order valence-corrected chi connectivity index (χ1v) is 11.5. The summed E-state index contributed by atoms with van der Waals surface area (Å²) in [6, 6.07) is 0. The molecule has 0 aromatic rings. The van der Waals surface area contributed by atoms with Crippen LogP contribution >= 0.6 is 0 Å². The van der Waals surface area contributed by atoms with Gasteiger partial charge in [0.15, 0.2) is 0 Å². The fraction of sp³-hybridized carbons (Fsp3) is 1.00. The fourth-order valence-electron chi connectivity index (χ4n) is 0.683. The van der Waals surface area contributed by atoms with Gasteiger partial charge in [-0.2, -0.15) is 0 Å². The van der Waals surface area contributed by atoms with Crippen molar-refractivity contribution in [2.45, 2.75) is 45.1 Å². The van der Waals surface area contributed by atoms with Crippen molar-refractivity contribution in [3.8, 4) is 0 Å². The zero-order chi connectivity index (χ0) is 8.58. The Labute approximate surface area is 68.6 Å². The number of hydrogen-bond donors (Lipinski definition) is 0. The van der Waals surface area contributed by atoms with E-state index in [0.717, 1.165) is 0 Å². The van der Waals surface area contributed by atoms with Crippen LogP contribution in [0.4, 0.5) is 0 Å². The van der Waals surface area contributed by atoms with Crippen LogP contribution in [0.5, 0.6) is 0 Å². The van der Waals surface area contributed by atoms with Gasteiger partial charge in [0.25, 0.3) is 0 Å². The summed E-state index contributed by atoms with van der Waals surface area (Å²) in [4.78, 5) is 0. The Morgan fingerprint density at radius 3 is 1.30 bits per heavy atom. The summed E-state index contributed by atoms with van der Waals surface area (Å²) < 4.78 is 0. The summed E-state index contributed by atoms with van der Waals surface area (Å²) in [6.07, 6.45) is 0. The Kier molecular flexibility index (Phi) is 3.00. The van der Waals surface area contributed by atoms with Crippen LogP contribution in [0.1, 0.15) is 6.92 Å². The van der Waals surface area contributed by atoms with Crippen molar-refractivity contribution in [2.75, 3.05) is 0 Å². The lowest BCUT2D eigenvalue weighted by Gasteiger charge is -2.39. The van der Waals surface area contributed by atoms with Gasteiger partial charge in [0.2, 0.25) is 0 Å². The molecular weight excluding hydrogens is 151 g/mol. The largest absolute Gasteiger partial charge is 0.0855 e. The minimum Gasteiger partial charge on any atom is -0.0855 e. The second-order valence-electron chi connectivity index (χ2n) is 4.76. The van der Waals surface area contributed by atoms with Crippen molar-refractivity contribution in [1.29, 1.82) is 0 Å². The predicted molar refractivity (Wildman–Crippen MR) is 56.0 cm³/mol. The van der Waals surface area contributed by atoms with E-state index < -0.39 is 15.2 Å². The molecule has 0 heterocycles. The molecule has 0 aromatic heterocycles. The smallest absolute Gasteiger partial charge is 0.0652 e. The Morgan fingerprint density at radius 2 is 1.30 bits per heavy atom. The van der Waals surface area contributed by atoms with Crippen LogP contribution in [0.2, 0.25) is 38.2 Å². The minimum atomic E-state index is -1.07. The van der Waals surface area contributed by atoms with Crippen molar-refractivity contribution in [3.05, 3.63) is 0 Å². The van der Waals surface area contributed by atoms with E-state index in [4.69, 9.17) is 7.85 Å². The molecule has 1 atom stereocenters. The molecule has 0 spiro atoms. The highest BCUT2D eigenvalue weighted by Crippen LogP contribution is 2.27. The van der Waals surface area contributed by atoms with Gasteiger partial charge < -0.3 is 0 Å². The van der Waals surface area contributed by atoms with Crippen LogP contribution in [0, 0.1) is 0 Å². The van der Waals surface area contributed by atoms with Gasteiger partial charge in [-0.25, -0.2) is 0 Å². The molecule has 0 saturated carbocycles. The normalized spacial score (nSPS) is 17.0. The van der Waals surface area contributed by atoms with E-state index in [9.17, 15) is 0 Å². The average molecular weight is 170 g/mol. The molecule has 0 aromatic carbocycles. The quantitative estimate of drug-likeness (QED) is 0.559. The average Bonchev–Trinajstić information content (AvgIpc) is 1.62. The maximum absolute atomic E-state index is 5.95. The highest BCUT2D eigenvalue weighted by Gasteiger charge is 2.38. The fourth-order valence-corrected chi connectivity index (χ4v) is 6.15. The van der Waals surface area contributed by atoms with Crippen LogP contribution in [0.3, 0.4) is 0 Å². The van der Waals surface area contributed by atoms with Gasteiger partial charge in [-0.1, -0.05) is 45.1 Å². The van der Waals surface area contributed by atoms with E-state index in [2.05, 4.69) is 39.7 Å². The van der Waals surface area contributed by atoms with Crippen molar-refractivity contribution >= 4 is 23.0 Å². The Hall–Kier alpha value is 0.499. The SMILES string of the molecule is [B]C(C)[Si](C)(C)[Si](C)(C)C. The van der Waals surface area contributed by atoms with E-state index >= 15 is 0 Å². The third-order valence-corrected chi connectivity index (χ3v) is 22.2. The first-order chi connectivity index (χ1) is 4.19. The van der Waals surface area contributed by atoms with Gasteiger partial charge in [0.05, 0.1) is 7.85 Å². The van der Waals surface area contributed by atoms with E-state index in [1.54, 1.807) is 0 Å². The summed E-state index contributed by atoms with van der Waals surface area (Å²) in [5.41, 5.74) is 0.458. The molecule has 0 fully saturated rings. The molecule has 0 N–H and O–H groups in total. The second-order valence-corrected chi connectivity index (χ2v) is 22.0. The maximum Gasteiger partial charge on any atom is 0.0652 e. The van der Waals surface area contributed by atoms with Crippen LogP contribution in [-0.4, -0.2) is 23.0 Å². The lowest BCUT2D eigenvalue weighted by molar-refractivity contribution is 1.28. The molecule has 0 rings (SSSR count). The summed E-state index contributed by atoms with van der Waals surface area (Å²) in [5, 5.41) is 0. The second kappa shape index (κ2) is 2.86. The predicted octanol–water partition coefficient (Wildman–Crippen LogP) is 2.63. The maximum atomic E-state index is 5.95. The summed E-state index contributed by atoms with van der Waals surface area (Å²) in [6.45, 7) is 14.3. The molecule has 1 unspecified atom stereocenters. The number of hydrogen-bond acceptors (Lipinski definition) is 0. The molecule has 0 nitrogen and oxygen atoms in total. The van der Waals surface area contributed by atoms with Gasteiger partial charge in [0, 0.05) is 15.2 Å².